The molecule has 1 aromatic carbocycles. The number of carbonyl (C=O) groups is 1. The predicted octanol–water partition coefficient (Wildman–Crippen LogP) is 2.64. The van der Waals surface area contributed by atoms with Crippen molar-refractivity contribution in [2.24, 2.45) is 0 Å². The van der Waals surface area contributed by atoms with Crippen molar-refractivity contribution >= 4 is 21.8 Å². The first-order chi connectivity index (χ1) is 10.1. The van der Waals surface area contributed by atoms with Crippen LogP contribution in [-0.2, 0) is 24.2 Å². The molecule has 0 bridgehead atoms. The summed E-state index contributed by atoms with van der Waals surface area (Å²) in [6.45, 7) is 0.666. The summed E-state index contributed by atoms with van der Waals surface area (Å²) < 4.78 is 2.80. The van der Waals surface area contributed by atoms with E-state index in [9.17, 15) is 9.90 Å². The summed E-state index contributed by atoms with van der Waals surface area (Å²) in [5.74, 6) is -0.283. The van der Waals surface area contributed by atoms with Crippen LogP contribution in [0.2, 0.25) is 0 Å². The molecule has 6 heteroatoms. The lowest BCUT2D eigenvalue weighted by Gasteiger charge is -2.06. The minimum Gasteiger partial charge on any atom is -0.494 e. The molecule has 0 unspecified atom stereocenters. The van der Waals surface area contributed by atoms with Crippen LogP contribution >= 0.6 is 15.9 Å². The Balaban J connectivity index is 1.93. The summed E-state index contributed by atoms with van der Waals surface area (Å²) >= 11 is 3.40. The molecule has 0 aliphatic carbocycles. The Hall–Kier alpha value is -1.79. The Morgan fingerprint density at radius 3 is 2.57 bits per heavy atom. The molecular formula is C15H17BrN2O3. The zero-order valence-corrected chi connectivity index (χ0v) is 13.0. The molecule has 0 saturated heterocycles. The molecule has 0 saturated carbocycles. The van der Waals surface area contributed by atoms with Crippen molar-refractivity contribution in [3.05, 3.63) is 52.1 Å². The van der Waals surface area contributed by atoms with Crippen LogP contribution in [0.5, 0.6) is 5.88 Å². The largest absolute Gasteiger partial charge is 0.494 e. The van der Waals surface area contributed by atoms with E-state index < -0.39 is 5.91 Å². The Bertz CT molecular complexity index is 608. The SMILES string of the molecule is O=C(CCc1ccn(CCc2ccc(Br)cc2)c1O)NO. The average molecular weight is 353 g/mol. The van der Waals surface area contributed by atoms with Crippen LogP contribution < -0.4 is 5.48 Å². The molecule has 5 nitrogen and oxygen atoms in total. The molecule has 2 aromatic rings. The van der Waals surface area contributed by atoms with Gasteiger partial charge in [0.15, 0.2) is 5.88 Å². The Morgan fingerprint density at radius 2 is 1.90 bits per heavy atom. The van der Waals surface area contributed by atoms with Gasteiger partial charge in [0, 0.05) is 29.2 Å². The van der Waals surface area contributed by atoms with Crippen molar-refractivity contribution in [2.75, 3.05) is 0 Å². The normalized spacial score (nSPS) is 10.6. The van der Waals surface area contributed by atoms with Gasteiger partial charge in [0.2, 0.25) is 5.91 Å². The molecule has 0 aliphatic rings. The van der Waals surface area contributed by atoms with Gasteiger partial charge in [0.1, 0.15) is 0 Å². The number of rotatable bonds is 6. The van der Waals surface area contributed by atoms with Gasteiger partial charge >= 0.3 is 0 Å². The lowest BCUT2D eigenvalue weighted by Crippen LogP contribution is -2.18. The van der Waals surface area contributed by atoms with E-state index in [1.165, 1.54) is 5.56 Å². The van der Waals surface area contributed by atoms with Crippen LogP contribution in [0.1, 0.15) is 17.5 Å². The van der Waals surface area contributed by atoms with Crippen molar-refractivity contribution in [1.29, 1.82) is 0 Å². The number of hydroxylamine groups is 1. The number of carbonyl (C=O) groups excluding carboxylic acids is 1. The minimum atomic E-state index is -0.461. The fraction of sp³-hybridized carbons (Fsp3) is 0.267. The number of aromatic hydroxyl groups is 1. The lowest BCUT2D eigenvalue weighted by atomic mass is 10.1. The molecule has 1 amide bonds. The van der Waals surface area contributed by atoms with Gasteiger partial charge in [-0.15, -0.1) is 0 Å². The molecule has 3 N–H and O–H groups in total. The third-order valence-corrected chi connectivity index (χ3v) is 3.84. The van der Waals surface area contributed by atoms with Crippen LogP contribution in [0.25, 0.3) is 0 Å². The van der Waals surface area contributed by atoms with E-state index in [1.807, 2.05) is 24.3 Å². The highest BCUT2D eigenvalue weighted by atomic mass is 79.9. The summed E-state index contributed by atoms with van der Waals surface area (Å²) in [7, 11) is 0. The summed E-state index contributed by atoms with van der Waals surface area (Å²) in [6.07, 6.45) is 3.15. The average Bonchev–Trinajstić information content (AvgIpc) is 2.85. The number of nitrogens with one attached hydrogen (secondary N) is 1. The highest BCUT2D eigenvalue weighted by molar-refractivity contribution is 9.10. The second-order valence-corrected chi connectivity index (χ2v) is 5.69. The van der Waals surface area contributed by atoms with E-state index in [4.69, 9.17) is 5.21 Å². The van der Waals surface area contributed by atoms with E-state index in [-0.39, 0.29) is 12.3 Å². The van der Waals surface area contributed by atoms with Gasteiger partial charge in [-0.1, -0.05) is 28.1 Å². The molecule has 0 radical (unpaired) electrons. The zero-order chi connectivity index (χ0) is 15.2. The molecule has 21 heavy (non-hydrogen) atoms. The first-order valence-corrected chi connectivity index (χ1v) is 7.44. The highest BCUT2D eigenvalue weighted by Crippen LogP contribution is 2.21. The summed E-state index contributed by atoms with van der Waals surface area (Å²) in [5, 5.41) is 18.5. The first kappa shape index (κ1) is 15.6. The quantitative estimate of drug-likeness (QED) is 0.552. The van der Waals surface area contributed by atoms with E-state index in [0.29, 0.717) is 18.5 Å². The number of aryl methyl sites for hydroxylation is 3. The molecule has 0 atom stereocenters. The van der Waals surface area contributed by atoms with Crippen molar-refractivity contribution in [3.8, 4) is 5.88 Å². The molecule has 0 fully saturated rings. The number of hydrogen-bond acceptors (Lipinski definition) is 3. The number of halogens is 1. The van der Waals surface area contributed by atoms with Crippen LogP contribution in [0, 0.1) is 0 Å². The fourth-order valence-electron chi connectivity index (χ4n) is 2.09. The topological polar surface area (TPSA) is 74.5 Å². The van der Waals surface area contributed by atoms with Crippen molar-refractivity contribution in [3.63, 3.8) is 0 Å². The van der Waals surface area contributed by atoms with Crippen LogP contribution in [0.15, 0.2) is 41.0 Å². The van der Waals surface area contributed by atoms with E-state index in [1.54, 1.807) is 22.3 Å². The van der Waals surface area contributed by atoms with Crippen molar-refractivity contribution < 1.29 is 15.1 Å². The van der Waals surface area contributed by atoms with Gasteiger partial charge in [-0.05, 0) is 36.6 Å². The van der Waals surface area contributed by atoms with Gasteiger partial charge in [-0.3, -0.25) is 10.0 Å². The second-order valence-electron chi connectivity index (χ2n) is 4.77. The summed E-state index contributed by atoms with van der Waals surface area (Å²) in [6, 6.07) is 9.85. The lowest BCUT2D eigenvalue weighted by molar-refractivity contribution is -0.129. The van der Waals surface area contributed by atoms with Gasteiger partial charge in [0.25, 0.3) is 0 Å². The summed E-state index contributed by atoms with van der Waals surface area (Å²) in [4.78, 5) is 11.0. The van der Waals surface area contributed by atoms with Crippen LogP contribution in [-0.4, -0.2) is 20.8 Å². The third-order valence-electron chi connectivity index (χ3n) is 3.32. The Labute approximate surface area is 131 Å². The second kappa shape index (κ2) is 7.28. The molecule has 112 valence electrons. The van der Waals surface area contributed by atoms with E-state index in [0.717, 1.165) is 10.9 Å². The fourth-order valence-corrected chi connectivity index (χ4v) is 2.35. The monoisotopic (exact) mass is 352 g/mol. The molecule has 1 heterocycles. The molecular weight excluding hydrogens is 336 g/mol. The maximum atomic E-state index is 11.0. The minimum absolute atomic E-state index is 0.140. The van der Waals surface area contributed by atoms with Gasteiger partial charge < -0.3 is 9.67 Å². The predicted molar refractivity (Wildman–Crippen MR) is 82.2 cm³/mol. The number of aromatic nitrogens is 1. The Kier molecular flexibility index (Phi) is 5.41. The number of hydrogen-bond donors (Lipinski definition) is 3. The maximum Gasteiger partial charge on any atom is 0.243 e. The molecule has 0 spiro atoms. The van der Waals surface area contributed by atoms with Gasteiger partial charge in [-0.2, -0.15) is 0 Å². The molecule has 2 rings (SSSR count). The zero-order valence-electron chi connectivity index (χ0n) is 11.4. The maximum absolute atomic E-state index is 11.0. The smallest absolute Gasteiger partial charge is 0.243 e. The molecule has 0 aliphatic heterocycles. The third kappa shape index (κ3) is 4.34. The van der Waals surface area contributed by atoms with E-state index in [2.05, 4.69) is 15.9 Å². The van der Waals surface area contributed by atoms with Gasteiger partial charge in [-0.25, -0.2) is 5.48 Å². The first-order valence-electron chi connectivity index (χ1n) is 6.64. The van der Waals surface area contributed by atoms with Crippen molar-refractivity contribution in [1.82, 2.24) is 10.0 Å². The highest BCUT2D eigenvalue weighted by Gasteiger charge is 2.09. The summed E-state index contributed by atoms with van der Waals surface area (Å²) in [5.41, 5.74) is 3.47. The van der Waals surface area contributed by atoms with Crippen LogP contribution in [0.3, 0.4) is 0 Å². The van der Waals surface area contributed by atoms with Crippen LogP contribution in [0.4, 0.5) is 0 Å². The molecule has 1 aromatic heterocycles. The number of benzene rings is 1. The van der Waals surface area contributed by atoms with E-state index >= 15 is 0 Å². The Morgan fingerprint density at radius 1 is 1.19 bits per heavy atom. The standard InChI is InChI=1S/C15H17BrN2O3/c16-13-4-1-11(2-5-13)7-9-18-10-8-12(15(18)20)3-6-14(19)17-21/h1-2,4-5,8,10,20-21H,3,6-7,9H2,(H,17,19). The number of nitrogens with zero attached hydrogens (tertiary/aromatic N) is 1. The number of amides is 1. The van der Waals surface area contributed by atoms with Crippen molar-refractivity contribution in [2.45, 2.75) is 25.8 Å². The van der Waals surface area contributed by atoms with Gasteiger partial charge in [0.05, 0.1) is 0 Å².